The first-order chi connectivity index (χ1) is 10.9. The first kappa shape index (κ1) is 17.1. The number of hydrogen-bond donors (Lipinski definition) is 1. The Labute approximate surface area is 137 Å². The van der Waals surface area contributed by atoms with Crippen LogP contribution in [0.5, 0.6) is 0 Å². The summed E-state index contributed by atoms with van der Waals surface area (Å²) in [5, 5.41) is 12.3. The van der Waals surface area contributed by atoms with Crippen LogP contribution in [-0.2, 0) is 4.74 Å². The molecular formula is C17H24N4O2. The second-order valence-corrected chi connectivity index (χ2v) is 6.72. The van der Waals surface area contributed by atoms with E-state index in [1.165, 1.54) is 0 Å². The Morgan fingerprint density at radius 1 is 1.52 bits per heavy atom. The van der Waals surface area contributed by atoms with Crippen molar-refractivity contribution >= 4 is 11.9 Å². The summed E-state index contributed by atoms with van der Waals surface area (Å²) in [6.07, 6.45) is 4.36. The predicted molar refractivity (Wildman–Crippen MR) is 88.0 cm³/mol. The van der Waals surface area contributed by atoms with Crippen molar-refractivity contribution in [3.8, 4) is 6.07 Å². The second kappa shape index (κ2) is 7.32. The van der Waals surface area contributed by atoms with Gasteiger partial charge in [-0.15, -0.1) is 0 Å². The Kier molecular flexibility index (Phi) is 5.43. The molecule has 23 heavy (non-hydrogen) atoms. The van der Waals surface area contributed by atoms with Crippen molar-refractivity contribution in [2.75, 3.05) is 18.4 Å². The fourth-order valence-corrected chi connectivity index (χ4v) is 2.62. The fraction of sp³-hybridized carbons (Fsp3) is 0.588. The van der Waals surface area contributed by atoms with Crippen LogP contribution in [0.25, 0.3) is 0 Å². The zero-order chi connectivity index (χ0) is 16.9. The van der Waals surface area contributed by atoms with Crippen molar-refractivity contribution in [1.29, 1.82) is 5.26 Å². The van der Waals surface area contributed by atoms with Gasteiger partial charge >= 0.3 is 6.09 Å². The van der Waals surface area contributed by atoms with Gasteiger partial charge in [-0.1, -0.05) is 0 Å². The molecule has 1 fully saturated rings. The standard InChI is InChI=1S/C17H24N4O2/c1-17(2,3)23-16(22)21-10-5-4-8-14(21)12-20-15-13(11-18)7-6-9-19-15/h6-7,9,14H,4-5,8,10,12H2,1-3H3,(H,19,20)/t14-/m0/s1. The van der Waals surface area contributed by atoms with E-state index in [1.54, 1.807) is 23.2 Å². The van der Waals surface area contributed by atoms with Gasteiger partial charge in [-0.05, 0) is 52.2 Å². The van der Waals surface area contributed by atoms with Gasteiger partial charge in [0.2, 0.25) is 0 Å². The third-order valence-corrected chi connectivity index (χ3v) is 3.69. The molecular weight excluding hydrogens is 292 g/mol. The molecule has 0 radical (unpaired) electrons. The van der Waals surface area contributed by atoms with Crippen molar-refractivity contribution < 1.29 is 9.53 Å². The van der Waals surface area contributed by atoms with Gasteiger partial charge < -0.3 is 15.0 Å². The lowest BCUT2D eigenvalue weighted by Crippen LogP contribution is -2.49. The van der Waals surface area contributed by atoms with E-state index in [0.717, 1.165) is 19.3 Å². The number of carbonyl (C=O) groups excluding carboxylic acids is 1. The van der Waals surface area contributed by atoms with Crippen LogP contribution in [-0.4, -0.2) is 40.7 Å². The molecule has 6 heteroatoms. The molecule has 2 rings (SSSR count). The molecule has 1 atom stereocenters. The number of nitrogens with one attached hydrogen (secondary N) is 1. The Balaban J connectivity index is 2.01. The monoisotopic (exact) mass is 316 g/mol. The third-order valence-electron chi connectivity index (χ3n) is 3.69. The molecule has 2 heterocycles. The number of amides is 1. The van der Waals surface area contributed by atoms with Gasteiger partial charge in [-0.3, -0.25) is 0 Å². The number of likely N-dealkylation sites (tertiary alicyclic amines) is 1. The van der Waals surface area contributed by atoms with E-state index >= 15 is 0 Å². The SMILES string of the molecule is CC(C)(C)OC(=O)N1CCCC[C@H]1CNc1ncccc1C#N. The Morgan fingerprint density at radius 2 is 2.30 bits per heavy atom. The summed E-state index contributed by atoms with van der Waals surface area (Å²) in [5.41, 5.74) is 0.00806. The summed E-state index contributed by atoms with van der Waals surface area (Å²) < 4.78 is 5.50. The molecule has 1 saturated heterocycles. The molecule has 0 aliphatic carbocycles. The van der Waals surface area contributed by atoms with Gasteiger partial charge in [0, 0.05) is 19.3 Å². The van der Waals surface area contributed by atoms with Crippen molar-refractivity contribution in [1.82, 2.24) is 9.88 Å². The van der Waals surface area contributed by atoms with E-state index in [-0.39, 0.29) is 12.1 Å². The van der Waals surface area contributed by atoms with Crippen molar-refractivity contribution in [3.05, 3.63) is 23.9 Å². The molecule has 1 aliphatic rings. The molecule has 0 spiro atoms. The molecule has 6 nitrogen and oxygen atoms in total. The summed E-state index contributed by atoms with van der Waals surface area (Å²) in [6, 6.07) is 5.62. The second-order valence-electron chi connectivity index (χ2n) is 6.72. The molecule has 1 N–H and O–H groups in total. The lowest BCUT2D eigenvalue weighted by Gasteiger charge is -2.36. The number of hydrogen-bond acceptors (Lipinski definition) is 5. The number of aromatic nitrogens is 1. The number of pyridine rings is 1. The van der Waals surface area contributed by atoms with E-state index in [0.29, 0.717) is 24.5 Å². The molecule has 0 bridgehead atoms. The molecule has 1 aromatic rings. The van der Waals surface area contributed by atoms with Gasteiger partial charge in [0.25, 0.3) is 0 Å². The van der Waals surface area contributed by atoms with Crippen molar-refractivity contribution in [3.63, 3.8) is 0 Å². The Hall–Kier alpha value is -2.29. The summed E-state index contributed by atoms with van der Waals surface area (Å²) in [6.45, 7) is 6.87. The van der Waals surface area contributed by atoms with Crippen LogP contribution in [0, 0.1) is 11.3 Å². The first-order valence-corrected chi connectivity index (χ1v) is 7.99. The zero-order valence-electron chi connectivity index (χ0n) is 14.0. The topological polar surface area (TPSA) is 78.2 Å². The zero-order valence-corrected chi connectivity index (χ0v) is 14.0. The van der Waals surface area contributed by atoms with Crippen LogP contribution in [0.15, 0.2) is 18.3 Å². The Morgan fingerprint density at radius 3 is 3.00 bits per heavy atom. The smallest absolute Gasteiger partial charge is 0.410 e. The number of nitrogens with zero attached hydrogens (tertiary/aromatic N) is 3. The highest BCUT2D eigenvalue weighted by atomic mass is 16.6. The van der Waals surface area contributed by atoms with Crippen LogP contribution in [0.3, 0.4) is 0 Å². The minimum absolute atomic E-state index is 0.0483. The van der Waals surface area contributed by atoms with Crippen molar-refractivity contribution in [2.24, 2.45) is 0 Å². The molecule has 0 saturated carbocycles. The summed E-state index contributed by atoms with van der Waals surface area (Å²) in [5.74, 6) is 0.560. The maximum atomic E-state index is 12.4. The molecule has 1 amide bonds. The quantitative estimate of drug-likeness (QED) is 0.926. The van der Waals surface area contributed by atoms with Gasteiger partial charge in [0.15, 0.2) is 0 Å². The van der Waals surface area contributed by atoms with Crippen LogP contribution >= 0.6 is 0 Å². The summed E-state index contributed by atoms with van der Waals surface area (Å²) in [7, 11) is 0. The van der Waals surface area contributed by atoms with Gasteiger partial charge in [0.1, 0.15) is 17.5 Å². The maximum absolute atomic E-state index is 12.4. The largest absolute Gasteiger partial charge is 0.444 e. The fourth-order valence-electron chi connectivity index (χ4n) is 2.62. The van der Waals surface area contributed by atoms with Crippen LogP contribution in [0.1, 0.15) is 45.6 Å². The minimum atomic E-state index is -0.499. The maximum Gasteiger partial charge on any atom is 0.410 e. The number of piperidine rings is 1. The lowest BCUT2D eigenvalue weighted by molar-refractivity contribution is 0.0114. The molecule has 1 aliphatic heterocycles. The number of rotatable bonds is 3. The minimum Gasteiger partial charge on any atom is -0.444 e. The molecule has 1 aromatic heterocycles. The average Bonchev–Trinajstić information content (AvgIpc) is 2.51. The van der Waals surface area contributed by atoms with E-state index in [9.17, 15) is 4.79 Å². The lowest BCUT2D eigenvalue weighted by atomic mass is 10.0. The third kappa shape index (κ3) is 4.85. The molecule has 0 aromatic carbocycles. The highest BCUT2D eigenvalue weighted by Crippen LogP contribution is 2.21. The van der Waals surface area contributed by atoms with E-state index in [2.05, 4.69) is 16.4 Å². The van der Waals surface area contributed by atoms with E-state index in [4.69, 9.17) is 10.00 Å². The van der Waals surface area contributed by atoms with Gasteiger partial charge in [0.05, 0.1) is 11.6 Å². The van der Waals surface area contributed by atoms with Crippen molar-refractivity contribution in [2.45, 2.75) is 51.7 Å². The number of carbonyl (C=O) groups is 1. The van der Waals surface area contributed by atoms with Crippen LogP contribution < -0.4 is 5.32 Å². The first-order valence-electron chi connectivity index (χ1n) is 7.99. The normalized spacial score (nSPS) is 18.2. The van der Waals surface area contributed by atoms with Crippen LogP contribution in [0.4, 0.5) is 10.6 Å². The number of nitriles is 1. The number of anilines is 1. The van der Waals surface area contributed by atoms with Gasteiger partial charge in [-0.2, -0.15) is 5.26 Å². The Bertz CT molecular complexity index is 589. The van der Waals surface area contributed by atoms with Gasteiger partial charge in [-0.25, -0.2) is 9.78 Å². The highest BCUT2D eigenvalue weighted by Gasteiger charge is 2.30. The predicted octanol–water partition coefficient (Wildman–Crippen LogP) is 3.15. The summed E-state index contributed by atoms with van der Waals surface area (Å²) >= 11 is 0. The average molecular weight is 316 g/mol. The molecule has 0 unspecified atom stereocenters. The molecule has 124 valence electrons. The van der Waals surface area contributed by atoms with E-state index in [1.807, 2.05) is 20.8 Å². The highest BCUT2D eigenvalue weighted by molar-refractivity contribution is 5.68. The van der Waals surface area contributed by atoms with Crippen LogP contribution in [0.2, 0.25) is 0 Å². The summed E-state index contributed by atoms with van der Waals surface area (Å²) in [4.78, 5) is 18.3. The number of ether oxygens (including phenoxy) is 1. The van der Waals surface area contributed by atoms with E-state index < -0.39 is 5.60 Å².